The lowest BCUT2D eigenvalue weighted by atomic mass is 9.94. The summed E-state index contributed by atoms with van der Waals surface area (Å²) < 4.78 is 1.07. The second-order valence-corrected chi connectivity index (χ2v) is 5.54. The molecule has 0 aliphatic carbocycles. The van der Waals surface area contributed by atoms with Crippen LogP contribution >= 0.6 is 15.9 Å². The van der Waals surface area contributed by atoms with Gasteiger partial charge in [-0.3, -0.25) is 0 Å². The molecular weight excluding hydrogens is 268 g/mol. The van der Waals surface area contributed by atoms with Crippen LogP contribution < -0.4 is 4.90 Å². The van der Waals surface area contributed by atoms with Gasteiger partial charge in [-0.05, 0) is 54.2 Å². The van der Waals surface area contributed by atoms with E-state index in [0.29, 0.717) is 0 Å². The second kappa shape index (κ2) is 4.34. The number of pyridine rings is 1. The lowest BCUT2D eigenvalue weighted by Crippen LogP contribution is -2.42. The Labute approximate surface area is 105 Å². The predicted octanol–water partition coefficient (Wildman–Crippen LogP) is 2.50. The molecule has 2 rings (SSSR count). The van der Waals surface area contributed by atoms with Gasteiger partial charge in [0, 0.05) is 19.3 Å². The second-order valence-electron chi connectivity index (χ2n) is 4.75. The van der Waals surface area contributed by atoms with Crippen LogP contribution in [0.5, 0.6) is 0 Å². The number of aliphatic hydroxyl groups is 1. The Kier molecular flexibility index (Phi) is 3.22. The number of hydrogen-bond donors (Lipinski definition) is 1. The molecule has 0 spiro atoms. The zero-order chi connectivity index (χ0) is 11.8. The quantitative estimate of drug-likeness (QED) is 0.861. The number of hydrogen-bond acceptors (Lipinski definition) is 3. The van der Waals surface area contributed by atoms with Crippen LogP contribution in [0.4, 0.5) is 5.82 Å². The smallest absolute Gasteiger partial charge is 0.143 e. The fourth-order valence-electron chi connectivity index (χ4n) is 1.95. The van der Waals surface area contributed by atoms with Gasteiger partial charge in [0.1, 0.15) is 5.82 Å². The molecule has 0 radical (unpaired) electrons. The number of aromatic nitrogens is 1. The number of piperidine rings is 1. The summed E-state index contributed by atoms with van der Waals surface area (Å²) in [5.74, 6) is 0.996. The van der Waals surface area contributed by atoms with Crippen molar-refractivity contribution >= 4 is 21.7 Å². The maximum atomic E-state index is 9.90. The number of aryl methyl sites for hydroxylation is 1. The van der Waals surface area contributed by atoms with Crippen LogP contribution in [-0.2, 0) is 0 Å². The highest BCUT2D eigenvalue weighted by molar-refractivity contribution is 9.10. The first-order chi connectivity index (χ1) is 7.49. The summed E-state index contributed by atoms with van der Waals surface area (Å²) in [6.07, 6.45) is 3.44. The van der Waals surface area contributed by atoms with Gasteiger partial charge in [0.05, 0.1) is 10.1 Å². The third-order valence-electron chi connectivity index (χ3n) is 3.20. The summed E-state index contributed by atoms with van der Waals surface area (Å²) >= 11 is 3.58. The summed E-state index contributed by atoms with van der Waals surface area (Å²) in [6.45, 7) is 5.70. The van der Waals surface area contributed by atoms with E-state index in [4.69, 9.17) is 0 Å². The average molecular weight is 285 g/mol. The summed E-state index contributed by atoms with van der Waals surface area (Å²) in [5.41, 5.74) is 0.689. The monoisotopic (exact) mass is 284 g/mol. The van der Waals surface area contributed by atoms with Crippen molar-refractivity contribution in [1.29, 1.82) is 0 Å². The van der Waals surface area contributed by atoms with Crippen molar-refractivity contribution < 1.29 is 5.11 Å². The predicted molar refractivity (Wildman–Crippen MR) is 68.7 cm³/mol. The molecule has 0 unspecified atom stereocenters. The maximum absolute atomic E-state index is 9.90. The summed E-state index contributed by atoms with van der Waals surface area (Å²) in [5, 5.41) is 9.90. The van der Waals surface area contributed by atoms with Crippen LogP contribution in [0.3, 0.4) is 0 Å². The molecule has 0 atom stereocenters. The highest BCUT2D eigenvalue weighted by Crippen LogP contribution is 2.31. The van der Waals surface area contributed by atoms with E-state index in [0.717, 1.165) is 36.2 Å². The molecule has 0 aromatic carbocycles. The van der Waals surface area contributed by atoms with Crippen LogP contribution in [0, 0.1) is 6.92 Å². The largest absolute Gasteiger partial charge is 0.390 e. The molecule has 0 bridgehead atoms. The van der Waals surface area contributed by atoms with Gasteiger partial charge in [-0.2, -0.15) is 0 Å². The minimum atomic E-state index is -0.507. The number of anilines is 1. The Hall–Kier alpha value is -0.610. The van der Waals surface area contributed by atoms with Crippen molar-refractivity contribution in [2.75, 3.05) is 18.0 Å². The van der Waals surface area contributed by atoms with E-state index >= 15 is 0 Å². The molecule has 1 aromatic rings. The van der Waals surface area contributed by atoms with Crippen molar-refractivity contribution in [3.63, 3.8) is 0 Å². The van der Waals surface area contributed by atoms with Gasteiger partial charge in [0.25, 0.3) is 0 Å². The minimum Gasteiger partial charge on any atom is -0.390 e. The van der Waals surface area contributed by atoms with E-state index in [1.165, 1.54) is 5.56 Å². The van der Waals surface area contributed by atoms with Gasteiger partial charge < -0.3 is 10.0 Å². The van der Waals surface area contributed by atoms with Crippen LogP contribution in [-0.4, -0.2) is 28.8 Å². The molecule has 16 heavy (non-hydrogen) atoms. The number of halogens is 1. The Balaban J connectivity index is 2.17. The van der Waals surface area contributed by atoms with Crippen LogP contribution in [0.25, 0.3) is 0 Å². The van der Waals surface area contributed by atoms with E-state index in [1.54, 1.807) is 0 Å². The molecule has 1 aliphatic rings. The van der Waals surface area contributed by atoms with Crippen LogP contribution in [0.1, 0.15) is 25.3 Å². The van der Waals surface area contributed by atoms with Gasteiger partial charge in [0.15, 0.2) is 0 Å². The molecule has 2 heterocycles. The minimum absolute atomic E-state index is 0.507. The normalized spacial score (nSPS) is 19.9. The van der Waals surface area contributed by atoms with Crippen molar-refractivity contribution in [2.45, 2.75) is 32.3 Å². The van der Waals surface area contributed by atoms with E-state index < -0.39 is 5.60 Å². The maximum Gasteiger partial charge on any atom is 0.143 e. The highest BCUT2D eigenvalue weighted by Gasteiger charge is 2.28. The Morgan fingerprint density at radius 2 is 2.06 bits per heavy atom. The average Bonchev–Trinajstić information content (AvgIpc) is 2.23. The molecule has 3 nitrogen and oxygen atoms in total. The van der Waals surface area contributed by atoms with Crippen molar-refractivity contribution in [3.8, 4) is 0 Å². The topological polar surface area (TPSA) is 36.4 Å². The molecule has 88 valence electrons. The first-order valence-corrected chi connectivity index (χ1v) is 6.37. The SMILES string of the molecule is Cc1ccnc(N2CCC(C)(O)CC2)c1Br. The first-order valence-electron chi connectivity index (χ1n) is 5.58. The molecule has 4 heteroatoms. The third-order valence-corrected chi connectivity index (χ3v) is 4.18. The Morgan fingerprint density at radius 1 is 1.44 bits per heavy atom. The fourth-order valence-corrected chi connectivity index (χ4v) is 2.43. The van der Waals surface area contributed by atoms with E-state index in [2.05, 4.69) is 32.7 Å². The standard InChI is InChI=1S/C12H17BrN2O/c1-9-3-6-14-11(10(9)13)15-7-4-12(2,16)5-8-15/h3,6,16H,4-5,7-8H2,1-2H3. The van der Waals surface area contributed by atoms with Crippen LogP contribution in [0.2, 0.25) is 0 Å². The Morgan fingerprint density at radius 3 is 2.69 bits per heavy atom. The van der Waals surface area contributed by atoms with E-state index in [1.807, 2.05) is 19.2 Å². The van der Waals surface area contributed by atoms with Gasteiger partial charge >= 0.3 is 0 Å². The molecular formula is C12H17BrN2O. The molecule has 1 N–H and O–H groups in total. The van der Waals surface area contributed by atoms with Crippen molar-refractivity contribution in [1.82, 2.24) is 4.98 Å². The van der Waals surface area contributed by atoms with E-state index in [-0.39, 0.29) is 0 Å². The van der Waals surface area contributed by atoms with Gasteiger partial charge in [-0.1, -0.05) is 0 Å². The number of rotatable bonds is 1. The molecule has 0 saturated carbocycles. The zero-order valence-electron chi connectivity index (χ0n) is 9.70. The van der Waals surface area contributed by atoms with Gasteiger partial charge in [-0.25, -0.2) is 4.98 Å². The number of nitrogens with zero attached hydrogens (tertiary/aromatic N) is 2. The third kappa shape index (κ3) is 2.38. The zero-order valence-corrected chi connectivity index (χ0v) is 11.3. The van der Waals surface area contributed by atoms with Crippen LogP contribution in [0.15, 0.2) is 16.7 Å². The lowest BCUT2D eigenvalue weighted by molar-refractivity contribution is 0.0350. The molecule has 1 aliphatic heterocycles. The molecule has 1 saturated heterocycles. The summed E-state index contributed by atoms with van der Waals surface area (Å²) in [6, 6.07) is 1.99. The van der Waals surface area contributed by atoms with Crippen molar-refractivity contribution in [3.05, 3.63) is 22.3 Å². The van der Waals surface area contributed by atoms with Gasteiger partial charge in [0.2, 0.25) is 0 Å². The summed E-state index contributed by atoms with van der Waals surface area (Å²) in [7, 11) is 0. The fraction of sp³-hybridized carbons (Fsp3) is 0.583. The Bertz CT molecular complexity index is 383. The molecule has 1 aromatic heterocycles. The molecule has 0 amide bonds. The highest BCUT2D eigenvalue weighted by atomic mass is 79.9. The first kappa shape index (κ1) is 11.9. The van der Waals surface area contributed by atoms with Gasteiger partial charge in [-0.15, -0.1) is 0 Å². The van der Waals surface area contributed by atoms with E-state index in [9.17, 15) is 5.11 Å². The lowest BCUT2D eigenvalue weighted by Gasteiger charge is -2.36. The van der Waals surface area contributed by atoms with Crippen molar-refractivity contribution in [2.24, 2.45) is 0 Å². The molecule has 1 fully saturated rings. The summed E-state index contributed by atoms with van der Waals surface area (Å²) in [4.78, 5) is 6.64.